The molecule has 3 heterocycles. The molecule has 0 atom stereocenters. The van der Waals surface area contributed by atoms with E-state index in [-0.39, 0.29) is 54.3 Å². The van der Waals surface area contributed by atoms with E-state index < -0.39 is 30.2 Å². The van der Waals surface area contributed by atoms with Crippen molar-refractivity contribution in [3.8, 4) is 22.8 Å². The molecule has 0 unspecified atom stereocenters. The molecule has 1 aliphatic heterocycles. The highest BCUT2D eigenvalue weighted by Crippen LogP contribution is 2.35. The highest BCUT2D eigenvalue weighted by Gasteiger charge is 2.33. The molecular weight excluding hydrogens is 595 g/mol. The number of benzene rings is 1. The Kier molecular flexibility index (Phi) is 10.0. The number of nitrogens with zero attached hydrogens (tertiary/aromatic N) is 3. The first-order valence-electron chi connectivity index (χ1n) is 14.6. The average Bonchev–Trinajstić information content (AvgIpc) is 3.83. The van der Waals surface area contributed by atoms with Gasteiger partial charge in [0.25, 0.3) is 17.4 Å². The number of methoxy groups -OCH3 is 1. The number of ether oxygens (including phenoxy) is 3. The van der Waals surface area contributed by atoms with Crippen molar-refractivity contribution >= 4 is 17.6 Å². The fourth-order valence-electron chi connectivity index (χ4n) is 4.97. The topological polar surface area (TPSA) is 124 Å². The number of nitrogens with one attached hydrogen (secondary N) is 2. The van der Waals surface area contributed by atoms with Crippen molar-refractivity contribution < 1.29 is 37.0 Å². The van der Waals surface area contributed by atoms with E-state index in [4.69, 9.17) is 9.47 Å². The largest absolute Gasteiger partial charge is 0.478 e. The van der Waals surface area contributed by atoms with Crippen LogP contribution in [0, 0.1) is 0 Å². The van der Waals surface area contributed by atoms with E-state index in [1.807, 2.05) is 0 Å². The van der Waals surface area contributed by atoms with Crippen molar-refractivity contribution in [3.63, 3.8) is 0 Å². The molecule has 0 bridgehead atoms. The number of alkyl halides is 3. The lowest BCUT2D eigenvalue weighted by molar-refractivity contribution is -0.0499. The highest BCUT2D eigenvalue weighted by molar-refractivity contribution is 6.05. The minimum atomic E-state index is -3.12. The number of pyridine rings is 2. The first kappa shape index (κ1) is 32.0. The monoisotopic (exact) mass is 629 g/mol. The van der Waals surface area contributed by atoms with E-state index in [2.05, 4.69) is 20.4 Å². The first-order chi connectivity index (χ1) is 21.7. The minimum Gasteiger partial charge on any atom is -0.478 e. The van der Waals surface area contributed by atoms with Gasteiger partial charge in [-0.25, -0.2) is 4.39 Å². The van der Waals surface area contributed by atoms with E-state index in [0.29, 0.717) is 30.8 Å². The number of halogens is 3. The van der Waals surface area contributed by atoms with Gasteiger partial charge >= 0.3 is 6.61 Å². The van der Waals surface area contributed by atoms with Gasteiger partial charge in [-0.1, -0.05) is 0 Å². The van der Waals surface area contributed by atoms with Crippen molar-refractivity contribution in [1.82, 2.24) is 19.8 Å². The Hall–Kier alpha value is -4.43. The lowest BCUT2D eigenvalue weighted by Gasteiger charge is -2.34. The molecule has 11 nitrogen and oxygen atoms in total. The fraction of sp³-hybridized carbons (Fsp3) is 0.419. The molecule has 1 saturated carbocycles. The zero-order valence-corrected chi connectivity index (χ0v) is 24.9. The van der Waals surface area contributed by atoms with Crippen LogP contribution in [0.2, 0.25) is 0 Å². The third kappa shape index (κ3) is 7.81. The maximum Gasteiger partial charge on any atom is 0.387 e. The van der Waals surface area contributed by atoms with Gasteiger partial charge in [0, 0.05) is 38.5 Å². The first-order valence-corrected chi connectivity index (χ1v) is 14.6. The summed E-state index contributed by atoms with van der Waals surface area (Å²) in [5, 5.41) is 5.90. The van der Waals surface area contributed by atoms with Crippen molar-refractivity contribution in [2.75, 3.05) is 45.3 Å². The number of aromatic nitrogens is 2. The second-order valence-corrected chi connectivity index (χ2v) is 10.7. The summed E-state index contributed by atoms with van der Waals surface area (Å²) >= 11 is 0. The van der Waals surface area contributed by atoms with Crippen LogP contribution in [-0.2, 0) is 11.3 Å². The molecule has 2 aliphatic rings. The SMILES string of the molecule is CCOc1cc(-c2ccc(OC(F)F)cc2C(=O)N2CC(F)C2)cc(NC(=O)c2cc(CNCCOC)cn(C3CC3)c2=O)n1. The summed E-state index contributed by atoms with van der Waals surface area (Å²) in [5.41, 5.74) is 0.894. The maximum atomic E-state index is 13.6. The van der Waals surface area contributed by atoms with Crippen molar-refractivity contribution in [1.29, 1.82) is 0 Å². The van der Waals surface area contributed by atoms with E-state index in [1.165, 1.54) is 41.3 Å². The zero-order chi connectivity index (χ0) is 32.1. The van der Waals surface area contributed by atoms with Crippen LogP contribution in [0.5, 0.6) is 11.6 Å². The van der Waals surface area contributed by atoms with Crippen molar-refractivity contribution in [2.24, 2.45) is 0 Å². The number of rotatable bonds is 14. The van der Waals surface area contributed by atoms with Gasteiger partial charge in [0.05, 0.1) is 31.9 Å². The number of carbonyl (C=O) groups is 2. The molecule has 2 aromatic heterocycles. The Balaban J connectivity index is 1.49. The van der Waals surface area contributed by atoms with Gasteiger partial charge < -0.3 is 34.3 Å². The van der Waals surface area contributed by atoms with Crippen LogP contribution in [0.15, 0.2) is 47.4 Å². The summed E-state index contributed by atoms with van der Waals surface area (Å²) in [6.07, 6.45) is 2.27. The van der Waals surface area contributed by atoms with Crippen LogP contribution in [0.3, 0.4) is 0 Å². The molecular formula is C31H34F3N5O6. The molecule has 14 heteroatoms. The third-order valence-electron chi connectivity index (χ3n) is 7.31. The molecule has 2 fully saturated rings. The van der Waals surface area contributed by atoms with Crippen molar-refractivity contribution in [3.05, 3.63) is 69.6 Å². The number of hydrogen-bond donors (Lipinski definition) is 2. The Morgan fingerprint density at radius 2 is 1.89 bits per heavy atom. The molecule has 45 heavy (non-hydrogen) atoms. The van der Waals surface area contributed by atoms with Crippen LogP contribution in [0.1, 0.15) is 52.1 Å². The number of carbonyl (C=O) groups excluding carboxylic acids is 2. The van der Waals surface area contributed by atoms with Gasteiger partial charge in [-0.05, 0) is 66.8 Å². The lowest BCUT2D eigenvalue weighted by atomic mass is 9.97. The molecule has 2 amide bonds. The van der Waals surface area contributed by atoms with E-state index in [1.54, 1.807) is 24.8 Å². The average molecular weight is 630 g/mol. The Bertz CT molecular complexity index is 1610. The normalized spacial score (nSPS) is 14.8. The number of likely N-dealkylation sites (tertiary alicyclic amines) is 1. The Morgan fingerprint density at radius 3 is 2.56 bits per heavy atom. The lowest BCUT2D eigenvalue weighted by Crippen LogP contribution is -2.51. The van der Waals surface area contributed by atoms with E-state index >= 15 is 0 Å². The van der Waals surface area contributed by atoms with Crippen LogP contribution in [0.4, 0.5) is 19.0 Å². The number of anilines is 1. The summed E-state index contributed by atoms with van der Waals surface area (Å²) in [6, 6.07) is 8.43. The Morgan fingerprint density at radius 1 is 1.11 bits per heavy atom. The van der Waals surface area contributed by atoms with Gasteiger partial charge in [0.2, 0.25) is 5.88 Å². The van der Waals surface area contributed by atoms with E-state index in [0.717, 1.165) is 18.4 Å². The molecule has 1 saturated heterocycles. The summed E-state index contributed by atoms with van der Waals surface area (Å²) in [7, 11) is 1.60. The second-order valence-electron chi connectivity index (χ2n) is 10.7. The summed E-state index contributed by atoms with van der Waals surface area (Å²) in [5.74, 6) is -1.37. The minimum absolute atomic E-state index is 0.00744. The van der Waals surface area contributed by atoms with Crippen LogP contribution in [0.25, 0.3) is 11.1 Å². The summed E-state index contributed by atoms with van der Waals surface area (Å²) in [4.78, 5) is 45.7. The molecule has 2 N–H and O–H groups in total. The molecule has 1 aliphatic carbocycles. The predicted molar refractivity (Wildman–Crippen MR) is 159 cm³/mol. The maximum absolute atomic E-state index is 13.6. The summed E-state index contributed by atoms with van der Waals surface area (Å²) < 4.78 is 56.3. The van der Waals surface area contributed by atoms with Crippen LogP contribution < -0.4 is 25.7 Å². The molecule has 5 rings (SSSR count). The van der Waals surface area contributed by atoms with Crippen LogP contribution in [-0.4, -0.2) is 79.0 Å². The van der Waals surface area contributed by atoms with Crippen molar-refractivity contribution in [2.45, 2.75) is 45.1 Å². The number of hydrogen-bond acceptors (Lipinski definition) is 8. The van der Waals surface area contributed by atoms with Gasteiger partial charge in [-0.3, -0.25) is 14.4 Å². The predicted octanol–water partition coefficient (Wildman–Crippen LogP) is 4.03. The third-order valence-corrected chi connectivity index (χ3v) is 7.31. The van der Waals surface area contributed by atoms with Gasteiger partial charge in [0.1, 0.15) is 23.3 Å². The van der Waals surface area contributed by atoms with E-state index in [9.17, 15) is 27.6 Å². The second kappa shape index (κ2) is 14.1. The molecule has 1 aromatic carbocycles. The fourth-order valence-corrected chi connectivity index (χ4v) is 4.97. The van der Waals surface area contributed by atoms with Gasteiger partial charge in [0.15, 0.2) is 0 Å². The molecule has 0 radical (unpaired) electrons. The van der Waals surface area contributed by atoms with Gasteiger partial charge in [-0.2, -0.15) is 13.8 Å². The van der Waals surface area contributed by atoms with Gasteiger partial charge in [-0.15, -0.1) is 0 Å². The quantitative estimate of drug-likeness (QED) is 0.256. The highest BCUT2D eigenvalue weighted by atomic mass is 19.3. The molecule has 0 spiro atoms. The van der Waals surface area contributed by atoms with Crippen LogP contribution >= 0.6 is 0 Å². The number of amides is 2. The molecule has 3 aromatic rings. The zero-order valence-electron chi connectivity index (χ0n) is 24.9. The summed E-state index contributed by atoms with van der Waals surface area (Å²) in [6.45, 7) is 0.107. The smallest absolute Gasteiger partial charge is 0.387 e. The standard InChI is InChI=1S/C31H34F3N5O6/c1-3-44-27-12-19(23-7-6-22(45-31(33)34)13-24(23)29(41)38-16-20(32)17-38)11-26(36-27)37-28(40)25-10-18(14-35-8-9-43-2)15-39(30(25)42)21-4-5-21/h6-7,10-13,15,20-21,31,35H,3-5,8-9,14,16-17H2,1-2H3,(H,36,37,40). The Labute approximate surface area is 257 Å². The molecule has 240 valence electrons.